The fourth-order valence-corrected chi connectivity index (χ4v) is 3.12. The molecule has 0 bridgehead atoms. The highest BCUT2D eigenvalue weighted by Crippen LogP contribution is 2.18. The monoisotopic (exact) mass is 300 g/mol. The van der Waals surface area contributed by atoms with E-state index >= 15 is 0 Å². The molecule has 2 aromatic rings. The first kappa shape index (κ1) is 15.0. The Balaban J connectivity index is 1.38. The van der Waals surface area contributed by atoms with Gasteiger partial charge in [-0.05, 0) is 50.4 Å². The zero-order valence-corrected chi connectivity index (χ0v) is 12.9. The minimum Gasteiger partial charge on any atom is -0.351 e. The quantitative estimate of drug-likeness (QED) is 0.718. The largest absolute Gasteiger partial charge is 0.351 e. The number of carbonyl (C=O) groups excluding carboxylic acids is 1. The van der Waals surface area contributed by atoms with Crippen molar-refractivity contribution in [3.8, 4) is 0 Å². The van der Waals surface area contributed by atoms with Gasteiger partial charge in [0, 0.05) is 29.8 Å². The van der Waals surface area contributed by atoms with Gasteiger partial charge in [-0.15, -0.1) is 0 Å². The second-order valence-electron chi connectivity index (χ2n) is 6.09. The lowest BCUT2D eigenvalue weighted by molar-refractivity contribution is 0.0948. The molecular weight excluding hydrogens is 276 g/mol. The number of amides is 1. The maximum absolute atomic E-state index is 12.1. The van der Waals surface area contributed by atoms with Crippen molar-refractivity contribution in [3.63, 3.8) is 0 Å². The summed E-state index contributed by atoms with van der Waals surface area (Å²) in [4.78, 5) is 19.3. The second kappa shape index (κ2) is 7.40. The van der Waals surface area contributed by atoms with Crippen molar-refractivity contribution in [1.82, 2.24) is 20.6 Å². The standard InChI is InChI=1S/C17H24N4O/c22-17(16-11-14-12-19-10-6-15(14)21-16)20-7-2-1-3-13-4-8-18-9-5-13/h6,10-13,18,21H,1-5,7-9H2,(H,20,22). The Morgan fingerprint density at radius 3 is 3.00 bits per heavy atom. The van der Waals surface area contributed by atoms with Gasteiger partial charge in [0.2, 0.25) is 0 Å². The van der Waals surface area contributed by atoms with Crippen molar-refractivity contribution in [2.24, 2.45) is 5.92 Å². The van der Waals surface area contributed by atoms with E-state index in [-0.39, 0.29) is 5.91 Å². The number of piperidine rings is 1. The van der Waals surface area contributed by atoms with Crippen molar-refractivity contribution < 1.29 is 4.79 Å². The Hall–Kier alpha value is -1.88. The number of H-pyrrole nitrogens is 1. The van der Waals surface area contributed by atoms with E-state index < -0.39 is 0 Å². The molecule has 1 fully saturated rings. The number of unbranched alkanes of at least 4 members (excludes halogenated alkanes) is 1. The molecule has 118 valence electrons. The van der Waals surface area contributed by atoms with E-state index in [0.29, 0.717) is 5.69 Å². The number of aromatic amines is 1. The van der Waals surface area contributed by atoms with E-state index in [1.807, 2.05) is 12.1 Å². The van der Waals surface area contributed by atoms with Crippen LogP contribution in [-0.4, -0.2) is 35.5 Å². The maximum Gasteiger partial charge on any atom is 0.267 e. The van der Waals surface area contributed by atoms with E-state index in [4.69, 9.17) is 0 Å². The van der Waals surface area contributed by atoms with Crippen LogP contribution in [0.3, 0.4) is 0 Å². The van der Waals surface area contributed by atoms with Crippen LogP contribution in [0.5, 0.6) is 0 Å². The summed E-state index contributed by atoms with van der Waals surface area (Å²) in [5.41, 5.74) is 1.56. The highest BCUT2D eigenvalue weighted by molar-refractivity contribution is 5.97. The Morgan fingerprint density at radius 2 is 2.18 bits per heavy atom. The third kappa shape index (κ3) is 3.85. The molecule has 1 aliphatic heterocycles. The third-order valence-corrected chi connectivity index (χ3v) is 4.45. The van der Waals surface area contributed by atoms with Gasteiger partial charge in [0.05, 0.1) is 0 Å². The molecule has 3 N–H and O–H groups in total. The molecule has 0 spiro atoms. The number of carbonyl (C=O) groups is 1. The number of hydrogen-bond donors (Lipinski definition) is 3. The molecule has 3 heterocycles. The molecule has 5 heteroatoms. The summed E-state index contributed by atoms with van der Waals surface area (Å²) >= 11 is 0. The lowest BCUT2D eigenvalue weighted by Gasteiger charge is -2.22. The summed E-state index contributed by atoms with van der Waals surface area (Å²) in [6, 6.07) is 3.73. The van der Waals surface area contributed by atoms with Gasteiger partial charge in [-0.3, -0.25) is 9.78 Å². The van der Waals surface area contributed by atoms with Gasteiger partial charge in [0.15, 0.2) is 0 Å². The Morgan fingerprint density at radius 1 is 1.32 bits per heavy atom. The summed E-state index contributed by atoms with van der Waals surface area (Å²) in [6.07, 6.45) is 9.63. The number of nitrogens with one attached hydrogen (secondary N) is 3. The molecule has 0 atom stereocenters. The number of nitrogens with zero attached hydrogens (tertiary/aromatic N) is 1. The number of fused-ring (bicyclic) bond motifs is 1. The molecule has 0 saturated carbocycles. The zero-order valence-electron chi connectivity index (χ0n) is 12.9. The lowest BCUT2D eigenvalue weighted by Crippen LogP contribution is -2.28. The van der Waals surface area contributed by atoms with Crippen molar-refractivity contribution >= 4 is 16.8 Å². The van der Waals surface area contributed by atoms with E-state index in [9.17, 15) is 4.79 Å². The number of aromatic nitrogens is 2. The molecule has 1 saturated heterocycles. The van der Waals surface area contributed by atoms with Crippen molar-refractivity contribution in [3.05, 3.63) is 30.2 Å². The normalized spacial score (nSPS) is 16.0. The van der Waals surface area contributed by atoms with Crippen LogP contribution in [0.15, 0.2) is 24.5 Å². The van der Waals surface area contributed by atoms with Gasteiger partial charge in [0.1, 0.15) is 5.69 Å². The average Bonchev–Trinajstić information content (AvgIpc) is 2.99. The molecule has 0 radical (unpaired) electrons. The second-order valence-corrected chi connectivity index (χ2v) is 6.09. The number of pyridine rings is 1. The van der Waals surface area contributed by atoms with Crippen molar-refractivity contribution in [1.29, 1.82) is 0 Å². The zero-order chi connectivity index (χ0) is 15.2. The molecule has 2 aromatic heterocycles. The lowest BCUT2D eigenvalue weighted by atomic mass is 9.92. The van der Waals surface area contributed by atoms with E-state index in [1.165, 1.54) is 25.7 Å². The average molecular weight is 300 g/mol. The minimum atomic E-state index is -0.0296. The maximum atomic E-state index is 12.1. The Bertz CT molecular complexity index is 583. The Kier molecular flexibility index (Phi) is 5.06. The van der Waals surface area contributed by atoms with Crippen LogP contribution < -0.4 is 10.6 Å². The molecule has 0 aliphatic carbocycles. The summed E-state index contributed by atoms with van der Waals surface area (Å²) in [7, 11) is 0. The molecule has 1 aliphatic rings. The first-order valence-electron chi connectivity index (χ1n) is 8.24. The summed E-state index contributed by atoms with van der Waals surface area (Å²) in [5.74, 6) is 0.844. The molecular formula is C17H24N4O. The van der Waals surface area contributed by atoms with Crippen LogP contribution in [-0.2, 0) is 0 Å². The predicted molar refractivity (Wildman–Crippen MR) is 87.9 cm³/mol. The molecule has 5 nitrogen and oxygen atoms in total. The summed E-state index contributed by atoms with van der Waals surface area (Å²) < 4.78 is 0. The first-order chi connectivity index (χ1) is 10.8. The van der Waals surface area contributed by atoms with Gasteiger partial charge < -0.3 is 15.6 Å². The smallest absolute Gasteiger partial charge is 0.267 e. The van der Waals surface area contributed by atoms with Gasteiger partial charge in [0.25, 0.3) is 5.91 Å². The van der Waals surface area contributed by atoms with Crippen LogP contribution in [0.4, 0.5) is 0 Å². The van der Waals surface area contributed by atoms with Crippen LogP contribution in [0.1, 0.15) is 42.6 Å². The Labute approximate surface area is 130 Å². The molecule has 22 heavy (non-hydrogen) atoms. The number of rotatable bonds is 6. The predicted octanol–water partition coefficient (Wildman–Crippen LogP) is 2.46. The topological polar surface area (TPSA) is 69.8 Å². The molecule has 3 rings (SSSR count). The molecule has 0 unspecified atom stereocenters. The molecule has 1 amide bonds. The van der Waals surface area contributed by atoms with Crippen LogP contribution in [0.25, 0.3) is 10.9 Å². The van der Waals surface area contributed by atoms with Gasteiger partial charge >= 0.3 is 0 Å². The highest BCUT2D eigenvalue weighted by atomic mass is 16.1. The van der Waals surface area contributed by atoms with Gasteiger partial charge in [-0.1, -0.05) is 12.8 Å². The van der Waals surface area contributed by atoms with E-state index in [2.05, 4.69) is 20.6 Å². The van der Waals surface area contributed by atoms with Crippen LogP contribution >= 0.6 is 0 Å². The fraction of sp³-hybridized carbons (Fsp3) is 0.529. The summed E-state index contributed by atoms with van der Waals surface area (Å²) in [5, 5.41) is 7.36. The highest BCUT2D eigenvalue weighted by Gasteiger charge is 2.12. The van der Waals surface area contributed by atoms with Crippen molar-refractivity contribution in [2.75, 3.05) is 19.6 Å². The van der Waals surface area contributed by atoms with E-state index in [1.54, 1.807) is 12.4 Å². The van der Waals surface area contributed by atoms with Crippen molar-refractivity contribution in [2.45, 2.75) is 32.1 Å². The SMILES string of the molecule is O=C(NCCCCC1CCNCC1)c1cc2cnccc2[nH]1. The molecule has 0 aromatic carbocycles. The third-order valence-electron chi connectivity index (χ3n) is 4.45. The van der Waals surface area contributed by atoms with Gasteiger partial charge in [-0.25, -0.2) is 0 Å². The summed E-state index contributed by atoms with van der Waals surface area (Å²) in [6.45, 7) is 3.07. The van der Waals surface area contributed by atoms with E-state index in [0.717, 1.165) is 42.9 Å². The minimum absolute atomic E-state index is 0.0296. The first-order valence-corrected chi connectivity index (χ1v) is 8.24. The van der Waals surface area contributed by atoms with Crippen LogP contribution in [0, 0.1) is 5.92 Å². The van der Waals surface area contributed by atoms with Crippen LogP contribution in [0.2, 0.25) is 0 Å². The number of hydrogen-bond acceptors (Lipinski definition) is 3. The van der Waals surface area contributed by atoms with Gasteiger partial charge in [-0.2, -0.15) is 0 Å². The fourth-order valence-electron chi connectivity index (χ4n) is 3.12.